The van der Waals surface area contributed by atoms with Gasteiger partial charge in [-0.1, -0.05) is 41.9 Å². The van der Waals surface area contributed by atoms with E-state index in [-0.39, 0.29) is 5.91 Å². The molecule has 1 aliphatic heterocycles. The number of carbonyl (C=O) groups excluding carboxylic acids is 1. The van der Waals surface area contributed by atoms with Gasteiger partial charge in [-0.05, 0) is 30.7 Å². The molecule has 0 N–H and O–H groups in total. The molecule has 0 atom stereocenters. The van der Waals surface area contributed by atoms with E-state index < -0.39 is 0 Å². The fourth-order valence-corrected chi connectivity index (χ4v) is 2.50. The van der Waals surface area contributed by atoms with Crippen LogP contribution >= 0.6 is 11.6 Å². The Kier molecular flexibility index (Phi) is 4.02. The maximum Gasteiger partial charge on any atom is 0.279 e. The van der Waals surface area contributed by atoms with Gasteiger partial charge in [0.15, 0.2) is 5.71 Å². The number of likely N-dealkylation sites (N-methyl/N-ethyl adjacent to an activating group) is 1. The van der Waals surface area contributed by atoms with E-state index in [1.807, 2.05) is 43.3 Å². The third kappa shape index (κ3) is 2.65. The zero-order valence-corrected chi connectivity index (χ0v) is 12.8. The molecule has 110 valence electrons. The van der Waals surface area contributed by atoms with Gasteiger partial charge in [0.2, 0.25) is 0 Å². The number of hydrogen-bond donors (Lipinski definition) is 0. The summed E-state index contributed by atoms with van der Waals surface area (Å²) >= 11 is 5.83. The fraction of sp³-hybridized carbons (Fsp3) is 0.118. The van der Waals surface area contributed by atoms with Crippen molar-refractivity contribution in [1.82, 2.24) is 0 Å². The van der Waals surface area contributed by atoms with Crippen LogP contribution in [0.2, 0.25) is 5.02 Å². The number of nitrogens with zero attached hydrogens (tertiary/aromatic N) is 3. The molecule has 2 aromatic carbocycles. The molecule has 0 fully saturated rings. The Labute approximate surface area is 133 Å². The van der Waals surface area contributed by atoms with Crippen LogP contribution in [0.4, 0.5) is 5.69 Å². The zero-order valence-electron chi connectivity index (χ0n) is 12.0. The average molecular weight is 312 g/mol. The minimum absolute atomic E-state index is 0.114. The number of halogens is 1. The van der Waals surface area contributed by atoms with E-state index in [0.717, 1.165) is 16.8 Å². The number of benzene rings is 2. The van der Waals surface area contributed by atoms with Gasteiger partial charge in [-0.3, -0.25) is 4.79 Å². The molecule has 0 saturated heterocycles. The van der Waals surface area contributed by atoms with Gasteiger partial charge < -0.3 is 4.90 Å². The van der Waals surface area contributed by atoms with Gasteiger partial charge in [-0.25, -0.2) is 0 Å². The molecule has 1 amide bonds. The Morgan fingerprint density at radius 2 is 1.86 bits per heavy atom. The Bertz CT molecular complexity index is 766. The largest absolute Gasteiger partial charge is 0.307 e. The topological polar surface area (TPSA) is 45.0 Å². The van der Waals surface area contributed by atoms with E-state index >= 15 is 0 Å². The first-order chi connectivity index (χ1) is 10.7. The molecular weight excluding hydrogens is 298 g/mol. The van der Waals surface area contributed by atoms with Crippen LogP contribution in [-0.4, -0.2) is 24.4 Å². The summed E-state index contributed by atoms with van der Waals surface area (Å²) in [6.45, 7) is 2.55. The van der Waals surface area contributed by atoms with Gasteiger partial charge in [-0.15, -0.1) is 5.10 Å². The van der Waals surface area contributed by atoms with E-state index in [0.29, 0.717) is 17.3 Å². The highest BCUT2D eigenvalue weighted by Crippen LogP contribution is 2.28. The molecule has 0 bridgehead atoms. The number of rotatable bonds is 3. The van der Waals surface area contributed by atoms with E-state index in [4.69, 9.17) is 11.6 Å². The van der Waals surface area contributed by atoms with Crippen molar-refractivity contribution < 1.29 is 4.79 Å². The molecule has 3 rings (SSSR count). The normalized spacial score (nSPS) is 15.8. The number of hydrogen-bond acceptors (Lipinski definition) is 3. The van der Waals surface area contributed by atoms with Crippen molar-refractivity contribution in [3.63, 3.8) is 0 Å². The summed E-state index contributed by atoms with van der Waals surface area (Å²) < 4.78 is 0. The molecule has 0 radical (unpaired) electrons. The number of carbonyl (C=O) groups is 1. The van der Waals surface area contributed by atoms with E-state index in [1.54, 1.807) is 23.2 Å². The fourth-order valence-electron chi connectivity index (χ4n) is 2.37. The van der Waals surface area contributed by atoms with Crippen molar-refractivity contribution in [1.29, 1.82) is 0 Å². The highest BCUT2D eigenvalue weighted by atomic mass is 35.5. The summed E-state index contributed by atoms with van der Waals surface area (Å²) in [5, 5.41) is 8.84. The molecule has 1 heterocycles. The van der Waals surface area contributed by atoms with Crippen molar-refractivity contribution in [2.24, 2.45) is 10.2 Å². The highest BCUT2D eigenvalue weighted by molar-refractivity contribution is 6.54. The van der Waals surface area contributed by atoms with Crippen molar-refractivity contribution in [3.05, 3.63) is 64.7 Å². The van der Waals surface area contributed by atoms with Crippen molar-refractivity contribution in [3.8, 4) is 0 Å². The van der Waals surface area contributed by atoms with Crippen LogP contribution in [0.5, 0.6) is 0 Å². The van der Waals surface area contributed by atoms with Gasteiger partial charge in [-0.2, -0.15) is 5.10 Å². The number of anilines is 1. The summed E-state index contributed by atoms with van der Waals surface area (Å²) in [5.74, 6) is -0.114. The number of fused-ring (bicyclic) bond motifs is 1. The van der Waals surface area contributed by atoms with Crippen molar-refractivity contribution in [2.45, 2.75) is 6.92 Å². The lowest BCUT2D eigenvalue weighted by atomic mass is 10.1. The van der Waals surface area contributed by atoms with E-state index in [2.05, 4.69) is 10.2 Å². The molecule has 2 aromatic rings. The lowest BCUT2D eigenvalue weighted by Crippen LogP contribution is -2.29. The number of amides is 1. The maximum absolute atomic E-state index is 12.4. The molecule has 0 aliphatic carbocycles. The van der Waals surface area contributed by atoms with Gasteiger partial charge >= 0.3 is 0 Å². The first-order valence-corrected chi connectivity index (χ1v) is 7.36. The van der Waals surface area contributed by atoms with Crippen LogP contribution < -0.4 is 4.90 Å². The third-order valence-electron chi connectivity index (χ3n) is 3.45. The van der Waals surface area contributed by atoms with Gasteiger partial charge in [0, 0.05) is 17.1 Å². The second-order valence-electron chi connectivity index (χ2n) is 4.81. The van der Waals surface area contributed by atoms with Crippen molar-refractivity contribution in [2.75, 3.05) is 11.4 Å². The summed E-state index contributed by atoms with van der Waals surface area (Å²) in [6, 6.07) is 14.9. The summed E-state index contributed by atoms with van der Waals surface area (Å²) in [4.78, 5) is 14.1. The second-order valence-corrected chi connectivity index (χ2v) is 5.25. The smallest absolute Gasteiger partial charge is 0.279 e. The first kappa shape index (κ1) is 14.5. The molecule has 0 saturated carbocycles. The molecular formula is C17H14ClN3O. The monoisotopic (exact) mass is 311 g/mol. The Balaban J connectivity index is 1.91. The van der Waals surface area contributed by atoms with Crippen molar-refractivity contribution >= 4 is 35.1 Å². The van der Waals surface area contributed by atoms with E-state index in [1.165, 1.54) is 0 Å². The Morgan fingerprint density at radius 1 is 1.14 bits per heavy atom. The highest BCUT2D eigenvalue weighted by Gasteiger charge is 2.32. The average Bonchev–Trinajstić information content (AvgIpc) is 2.81. The van der Waals surface area contributed by atoms with Crippen LogP contribution in [0, 0.1) is 0 Å². The quantitative estimate of drug-likeness (QED) is 0.632. The third-order valence-corrected chi connectivity index (χ3v) is 3.70. The minimum atomic E-state index is -0.114. The molecule has 1 aliphatic rings. The predicted octanol–water partition coefficient (Wildman–Crippen LogP) is 3.53. The number of para-hydroxylation sites is 1. The summed E-state index contributed by atoms with van der Waals surface area (Å²) in [6.07, 6.45) is 1.60. The molecule has 22 heavy (non-hydrogen) atoms. The minimum Gasteiger partial charge on any atom is -0.307 e. The molecule has 4 nitrogen and oxygen atoms in total. The van der Waals surface area contributed by atoms with Gasteiger partial charge in [0.25, 0.3) is 5.91 Å². The zero-order chi connectivity index (χ0) is 15.5. The Morgan fingerprint density at radius 3 is 2.59 bits per heavy atom. The predicted molar refractivity (Wildman–Crippen MR) is 90.1 cm³/mol. The van der Waals surface area contributed by atoms with Crippen LogP contribution in [0.3, 0.4) is 0 Å². The Hall–Kier alpha value is -2.46. The molecule has 0 unspecified atom stereocenters. The van der Waals surface area contributed by atoms with Gasteiger partial charge in [0.05, 0.1) is 11.9 Å². The SMILES string of the molecule is CCN1C(=O)/C(=N/N=C\c2ccc(Cl)cc2)c2ccccc21. The van der Waals surface area contributed by atoms with Crippen LogP contribution in [-0.2, 0) is 4.79 Å². The lowest BCUT2D eigenvalue weighted by Gasteiger charge is -2.12. The molecule has 0 spiro atoms. The van der Waals surface area contributed by atoms with Gasteiger partial charge in [0.1, 0.15) is 0 Å². The maximum atomic E-state index is 12.4. The van der Waals surface area contributed by atoms with Crippen LogP contribution in [0.25, 0.3) is 0 Å². The van der Waals surface area contributed by atoms with Crippen LogP contribution in [0.1, 0.15) is 18.1 Å². The first-order valence-electron chi connectivity index (χ1n) is 6.98. The standard InChI is InChI=1S/C17H14ClN3O/c1-2-21-15-6-4-3-5-14(15)16(17(21)22)20-19-11-12-7-9-13(18)10-8-12/h3-11H,2H2,1H3/b19-11-,20-16+. The summed E-state index contributed by atoms with van der Waals surface area (Å²) in [5.41, 5.74) is 2.96. The summed E-state index contributed by atoms with van der Waals surface area (Å²) in [7, 11) is 0. The van der Waals surface area contributed by atoms with E-state index in [9.17, 15) is 4.79 Å². The lowest BCUT2D eigenvalue weighted by molar-refractivity contribution is -0.112. The van der Waals surface area contributed by atoms with Crippen LogP contribution in [0.15, 0.2) is 58.7 Å². The second kappa shape index (κ2) is 6.12. The molecule has 0 aromatic heterocycles. The molecule has 5 heteroatoms.